The van der Waals surface area contributed by atoms with Crippen LogP contribution in [-0.4, -0.2) is 28.8 Å². The van der Waals surface area contributed by atoms with Crippen molar-refractivity contribution in [3.8, 4) is 0 Å². The first kappa shape index (κ1) is 25.5. The molecule has 1 aliphatic carbocycles. The van der Waals surface area contributed by atoms with Crippen molar-refractivity contribution < 1.29 is 9.59 Å². The van der Waals surface area contributed by atoms with Gasteiger partial charge in [0.15, 0.2) is 0 Å². The Hall–Kier alpha value is -2.14. The monoisotopic (exact) mass is 512 g/mol. The molecule has 4 nitrogen and oxygen atoms in total. The summed E-state index contributed by atoms with van der Waals surface area (Å²) in [7, 11) is 0. The predicted molar refractivity (Wildman–Crippen MR) is 138 cm³/mol. The first-order valence-electron chi connectivity index (χ1n) is 12.1. The maximum Gasteiger partial charge on any atom is 0.242 e. The molecule has 0 radical (unpaired) electrons. The molecule has 33 heavy (non-hydrogen) atoms. The van der Waals surface area contributed by atoms with Gasteiger partial charge < -0.3 is 10.2 Å². The van der Waals surface area contributed by atoms with Crippen molar-refractivity contribution in [3.05, 3.63) is 69.7 Å². The van der Waals surface area contributed by atoms with Gasteiger partial charge in [0, 0.05) is 23.5 Å². The van der Waals surface area contributed by atoms with E-state index in [1.54, 1.807) is 4.90 Å². The SMILES string of the molecule is C[C@H](C(=O)NC1CCCC1)N(Cc1cccc(Br)c1)C(=O)CCc1ccc(C(C)(C)C)cc1. The zero-order valence-electron chi connectivity index (χ0n) is 20.4. The third-order valence-electron chi connectivity index (χ3n) is 6.56. The fourth-order valence-corrected chi connectivity index (χ4v) is 4.82. The zero-order valence-corrected chi connectivity index (χ0v) is 22.0. The minimum atomic E-state index is -0.514. The van der Waals surface area contributed by atoms with E-state index in [4.69, 9.17) is 0 Å². The quantitative estimate of drug-likeness (QED) is 0.460. The van der Waals surface area contributed by atoms with Crippen molar-refractivity contribution >= 4 is 27.7 Å². The molecular formula is C28H37BrN2O2. The number of nitrogens with one attached hydrogen (secondary N) is 1. The molecule has 0 bridgehead atoms. The highest BCUT2D eigenvalue weighted by Gasteiger charge is 2.28. The number of nitrogens with zero attached hydrogens (tertiary/aromatic N) is 1. The van der Waals surface area contributed by atoms with E-state index in [0.717, 1.165) is 41.3 Å². The molecule has 0 aromatic heterocycles. The van der Waals surface area contributed by atoms with E-state index < -0.39 is 6.04 Å². The lowest BCUT2D eigenvalue weighted by Crippen LogP contribution is -2.49. The van der Waals surface area contributed by atoms with Gasteiger partial charge in [0.05, 0.1) is 0 Å². The van der Waals surface area contributed by atoms with Crippen LogP contribution in [0.2, 0.25) is 0 Å². The smallest absolute Gasteiger partial charge is 0.242 e. The van der Waals surface area contributed by atoms with Crippen LogP contribution in [-0.2, 0) is 28.0 Å². The highest BCUT2D eigenvalue weighted by atomic mass is 79.9. The first-order chi connectivity index (χ1) is 15.6. The van der Waals surface area contributed by atoms with Crippen molar-refractivity contribution in [1.82, 2.24) is 10.2 Å². The average molecular weight is 514 g/mol. The van der Waals surface area contributed by atoms with Gasteiger partial charge >= 0.3 is 0 Å². The molecule has 1 atom stereocenters. The maximum absolute atomic E-state index is 13.3. The fraction of sp³-hybridized carbons (Fsp3) is 0.500. The first-order valence-corrected chi connectivity index (χ1v) is 12.9. The van der Waals surface area contributed by atoms with Gasteiger partial charge in [-0.1, -0.05) is 85.9 Å². The number of amides is 2. The molecule has 1 saturated carbocycles. The Bertz CT molecular complexity index is 943. The van der Waals surface area contributed by atoms with Crippen LogP contribution in [0, 0.1) is 0 Å². The summed E-state index contributed by atoms with van der Waals surface area (Å²) in [6.07, 6.45) is 5.42. The van der Waals surface area contributed by atoms with E-state index in [1.165, 1.54) is 5.56 Å². The molecule has 0 spiro atoms. The van der Waals surface area contributed by atoms with E-state index in [-0.39, 0.29) is 23.3 Å². The van der Waals surface area contributed by atoms with Gasteiger partial charge in [-0.05, 0) is 60.4 Å². The Morgan fingerprint density at radius 2 is 1.73 bits per heavy atom. The van der Waals surface area contributed by atoms with E-state index in [9.17, 15) is 9.59 Å². The molecule has 0 heterocycles. The molecule has 2 aromatic rings. The largest absolute Gasteiger partial charge is 0.352 e. The average Bonchev–Trinajstić information content (AvgIpc) is 3.28. The summed E-state index contributed by atoms with van der Waals surface area (Å²) in [5.41, 5.74) is 3.54. The molecule has 1 N–H and O–H groups in total. The van der Waals surface area contributed by atoms with Crippen LogP contribution in [0.1, 0.15) is 76.5 Å². The third kappa shape index (κ3) is 7.43. The van der Waals surface area contributed by atoms with Crippen molar-refractivity contribution in [2.45, 2.75) is 90.3 Å². The number of benzene rings is 2. The molecule has 5 heteroatoms. The second kappa shape index (κ2) is 11.3. The molecule has 1 fully saturated rings. The van der Waals surface area contributed by atoms with Crippen molar-refractivity contribution in [3.63, 3.8) is 0 Å². The molecule has 0 saturated heterocycles. The van der Waals surface area contributed by atoms with E-state index in [1.807, 2.05) is 31.2 Å². The van der Waals surface area contributed by atoms with E-state index in [0.29, 0.717) is 19.4 Å². The topological polar surface area (TPSA) is 49.4 Å². The van der Waals surface area contributed by atoms with Crippen LogP contribution < -0.4 is 5.32 Å². The Kier molecular flexibility index (Phi) is 8.75. The van der Waals surface area contributed by atoms with Gasteiger partial charge in [-0.25, -0.2) is 0 Å². The summed E-state index contributed by atoms with van der Waals surface area (Å²) in [6, 6.07) is 16.2. The van der Waals surface area contributed by atoms with Gasteiger partial charge in [0.2, 0.25) is 11.8 Å². The molecule has 178 valence electrons. The Morgan fingerprint density at radius 1 is 1.06 bits per heavy atom. The van der Waals surface area contributed by atoms with Crippen molar-refractivity contribution in [2.24, 2.45) is 0 Å². The Balaban J connectivity index is 1.70. The summed E-state index contributed by atoms with van der Waals surface area (Å²) in [4.78, 5) is 28.1. The molecule has 0 unspecified atom stereocenters. The predicted octanol–water partition coefficient (Wildman–Crippen LogP) is 6.16. The lowest BCUT2D eigenvalue weighted by Gasteiger charge is -2.30. The standard InChI is InChI=1S/C28H37BrN2O2/c1-20(27(33)30-25-10-5-6-11-25)31(19-22-8-7-9-24(29)18-22)26(32)17-14-21-12-15-23(16-13-21)28(2,3)4/h7-9,12-13,15-16,18,20,25H,5-6,10-11,14,17,19H2,1-4H3,(H,30,33)/t20-/m1/s1. The molecule has 0 aliphatic heterocycles. The van der Waals surface area contributed by atoms with Gasteiger partial charge in [-0.2, -0.15) is 0 Å². The van der Waals surface area contributed by atoms with Crippen LogP contribution in [0.4, 0.5) is 0 Å². The van der Waals surface area contributed by atoms with Crippen molar-refractivity contribution in [1.29, 1.82) is 0 Å². The maximum atomic E-state index is 13.3. The minimum absolute atomic E-state index is 0.00365. The number of carbonyl (C=O) groups is 2. The van der Waals surface area contributed by atoms with Gasteiger partial charge in [-0.3, -0.25) is 9.59 Å². The highest BCUT2D eigenvalue weighted by molar-refractivity contribution is 9.10. The van der Waals surface area contributed by atoms with E-state index >= 15 is 0 Å². The number of rotatable bonds is 8. The Labute approximate surface area is 207 Å². The number of hydrogen-bond donors (Lipinski definition) is 1. The zero-order chi connectivity index (χ0) is 24.0. The number of carbonyl (C=O) groups excluding carboxylic acids is 2. The highest BCUT2D eigenvalue weighted by Crippen LogP contribution is 2.23. The number of hydrogen-bond acceptors (Lipinski definition) is 2. The van der Waals surface area contributed by atoms with Gasteiger partial charge in [0.1, 0.15) is 6.04 Å². The van der Waals surface area contributed by atoms with E-state index in [2.05, 4.69) is 66.3 Å². The number of aryl methyl sites for hydroxylation is 1. The molecule has 2 amide bonds. The molecule has 3 rings (SSSR count). The Morgan fingerprint density at radius 3 is 2.33 bits per heavy atom. The van der Waals surface area contributed by atoms with Gasteiger partial charge in [0.25, 0.3) is 0 Å². The summed E-state index contributed by atoms with van der Waals surface area (Å²) in [6.45, 7) is 8.86. The lowest BCUT2D eigenvalue weighted by atomic mass is 9.86. The summed E-state index contributed by atoms with van der Waals surface area (Å²) >= 11 is 3.51. The summed E-state index contributed by atoms with van der Waals surface area (Å²) < 4.78 is 0.967. The molecule has 1 aliphatic rings. The lowest BCUT2D eigenvalue weighted by molar-refractivity contribution is -0.140. The normalized spacial score (nSPS) is 15.3. The number of halogens is 1. The van der Waals surface area contributed by atoms with Crippen LogP contribution in [0.5, 0.6) is 0 Å². The van der Waals surface area contributed by atoms with Gasteiger partial charge in [-0.15, -0.1) is 0 Å². The summed E-state index contributed by atoms with van der Waals surface area (Å²) in [5, 5.41) is 3.16. The molecule has 2 aromatic carbocycles. The van der Waals surface area contributed by atoms with Crippen LogP contribution >= 0.6 is 15.9 Å². The van der Waals surface area contributed by atoms with Crippen LogP contribution in [0.25, 0.3) is 0 Å². The van der Waals surface area contributed by atoms with Crippen molar-refractivity contribution in [2.75, 3.05) is 0 Å². The second-order valence-corrected chi connectivity index (χ2v) is 11.2. The van der Waals surface area contributed by atoms with Crippen LogP contribution in [0.15, 0.2) is 53.0 Å². The van der Waals surface area contributed by atoms with Crippen LogP contribution in [0.3, 0.4) is 0 Å². The molecular weight excluding hydrogens is 476 g/mol. The fourth-order valence-electron chi connectivity index (χ4n) is 4.37. The minimum Gasteiger partial charge on any atom is -0.352 e. The summed E-state index contributed by atoms with van der Waals surface area (Å²) in [5.74, 6) is -0.0521. The second-order valence-electron chi connectivity index (χ2n) is 10.3. The third-order valence-corrected chi connectivity index (χ3v) is 7.05.